The van der Waals surface area contributed by atoms with Crippen molar-refractivity contribution in [1.82, 2.24) is 9.97 Å². The Labute approximate surface area is 123 Å². The van der Waals surface area contributed by atoms with Crippen LogP contribution in [0.25, 0.3) is 0 Å². The minimum atomic E-state index is -0.716. The molecule has 0 saturated carbocycles. The Balaban J connectivity index is 2.47. The van der Waals surface area contributed by atoms with Crippen LogP contribution in [-0.4, -0.2) is 9.97 Å². The Bertz CT molecular complexity index is 638. The van der Waals surface area contributed by atoms with Crippen molar-refractivity contribution in [2.24, 2.45) is 0 Å². The van der Waals surface area contributed by atoms with Crippen molar-refractivity contribution in [3.05, 3.63) is 39.6 Å². The van der Waals surface area contributed by atoms with Gasteiger partial charge in [-0.1, -0.05) is 22.9 Å². The molecule has 0 aliphatic carbocycles. The molecular formula is C13H13BrF2N4. The van der Waals surface area contributed by atoms with Crippen molar-refractivity contribution in [2.75, 3.05) is 11.1 Å². The van der Waals surface area contributed by atoms with Gasteiger partial charge in [-0.3, -0.25) is 0 Å². The molecular weight excluding hydrogens is 330 g/mol. The minimum Gasteiger partial charge on any atom is -0.383 e. The number of nitrogens with one attached hydrogen (secondary N) is 1. The molecule has 1 heterocycles. The number of anilines is 3. The third-order valence-electron chi connectivity index (χ3n) is 2.80. The summed E-state index contributed by atoms with van der Waals surface area (Å²) in [4.78, 5) is 8.29. The summed E-state index contributed by atoms with van der Waals surface area (Å²) in [5.41, 5.74) is 6.04. The van der Waals surface area contributed by atoms with Gasteiger partial charge in [0.05, 0.1) is 0 Å². The number of rotatable bonds is 3. The maximum atomic E-state index is 13.8. The Hall–Kier alpha value is -1.76. The Morgan fingerprint density at radius 2 is 1.85 bits per heavy atom. The summed E-state index contributed by atoms with van der Waals surface area (Å²) >= 11 is 3.03. The Morgan fingerprint density at radius 3 is 2.40 bits per heavy atom. The molecule has 0 fully saturated rings. The molecule has 1 aromatic heterocycles. The monoisotopic (exact) mass is 342 g/mol. The number of nitrogens with zero attached hydrogens (tertiary/aromatic N) is 2. The van der Waals surface area contributed by atoms with E-state index in [0.29, 0.717) is 28.1 Å². The summed E-state index contributed by atoms with van der Waals surface area (Å²) in [5.74, 6) is -0.335. The molecule has 2 aromatic rings. The second kappa shape index (κ2) is 5.70. The van der Waals surface area contributed by atoms with Gasteiger partial charge < -0.3 is 11.1 Å². The second-order valence-corrected chi connectivity index (χ2v) is 5.14. The fraction of sp³-hybridized carbons (Fsp3) is 0.231. The summed E-state index contributed by atoms with van der Waals surface area (Å²) < 4.78 is 27.9. The van der Waals surface area contributed by atoms with Gasteiger partial charge in [-0.2, -0.15) is 0 Å². The Morgan fingerprint density at radius 1 is 1.25 bits per heavy atom. The predicted octanol–water partition coefficient (Wildman–Crippen LogP) is 3.71. The molecule has 0 unspecified atom stereocenters. The van der Waals surface area contributed by atoms with Gasteiger partial charge in [-0.15, -0.1) is 0 Å². The molecule has 106 valence electrons. The number of aromatic nitrogens is 2. The van der Waals surface area contributed by atoms with Crippen molar-refractivity contribution in [2.45, 2.75) is 20.3 Å². The van der Waals surface area contributed by atoms with E-state index in [9.17, 15) is 8.78 Å². The molecule has 0 aliphatic rings. The third kappa shape index (κ3) is 2.87. The van der Waals surface area contributed by atoms with Gasteiger partial charge in [0, 0.05) is 16.5 Å². The van der Waals surface area contributed by atoms with Crippen LogP contribution in [0.4, 0.5) is 26.1 Å². The van der Waals surface area contributed by atoms with E-state index >= 15 is 0 Å². The normalized spacial score (nSPS) is 10.7. The van der Waals surface area contributed by atoms with Crippen LogP contribution < -0.4 is 11.1 Å². The lowest BCUT2D eigenvalue weighted by atomic mass is 10.2. The maximum Gasteiger partial charge on any atom is 0.150 e. The summed E-state index contributed by atoms with van der Waals surface area (Å²) in [5, 5.41) is 2.65. The lowest BCUT2D eigenvalue weighted by Crippen LogP contribution is -2.08. The van der Waals surface area contributed by atoms with Gasteiger partial charge in [0.15, 0.2) is 11.6 Å². The van der Waals surface area contributed by atoms with E-state index in [1.165, 1.54) is 12.1 Å². The number of benzene rings is 1. The molecule has 0 spiro atoms. The average molecular weight is 343 g/mol. The van der Waals surface area contributed by atoms with E-state index in [0.717, 1.165) is 0 Å². The molecule has 0 radical (unpaired) electrons. The highest BCUT2D eigenvalue weighted by Crippen LogP contribution is 2.28. The van der Waals surface area contributed by atoms with Crippen LogP contribution in [0, 0.1) is 18.6 Å². The lowest BCUT2D eigenvalue weighted by Gasteiger charge is -2.13. The molecule has 1 aromatic carbocycles. The first-order chi connectivity index (χ1) is 9.42. The fourth-order valence-corrected chi connectivity index (χ4v) is 2.04. The van der Waals surface area contributed by atoms with Crippen LogP contribution in [-0.2, 0) is 6.42 Å². The van der Waals surface area contributed by atoms with E-state index in [-0.39, 0.29) is 11.5 Å². The first-order valence-corrected chi connectivity index (χ1v) is 6.76. The second-order valence-electron chi connectivity index (χ2n) is 4.22. The number of aryl methyl sites for hydroxylation is 1. The molecule has 0 atom stereocenters. The van der Waals surface area contributed by atoms with E-state index in [4.69, 9.17) is 5.73 Å². The highest BCUT2D eigenvalue weighted by molar-refractivity contribution is 9.10. The molecule has 7 heteroatoms. The van der Waals surface area contributed by atoms with Crippen molar-refractivity contribution < 1.29 is 8.78 Å². The van der Waals surface area contributed by atoms with Crippen LogP contribution in [0.1, 0.15) is 18.3 Å². The van der Waals surface area contributed by atoms with E-state index in [1.807, 2.05) is 6.92 Å². The average Bonchev–Trinajstić information content (AvgIpc) is 2.38. The highest BCUT2D eigenvalue weighted by atomic mass is 79.9. The quantitative estimate of drug-likeness (QED) is 0.892. The minimum absolute atomic E-state index is 0.267. The first-order valence-electron chi connectivity index (χ1n) is 5.97. The number of halogens is 3. The molecule has 0 aliphatic heterocycles. The SMILES string of the molecule is CCc1nc(N)c(C)c(Nc2c(F)cc(Br)cc2F)n1. The molecule has 0 amide bonds. The zero-order valence-electron chi connectivity index (χ0n) is 11.0. The fourth-order valence-electron chi connectivity index (χ4n) is 1.64. The number of hydrogen-bond donors (Lipinski definition) is 2. The summed E-state index contributed by atoms with van der Waals surface area (Å²) in [6, 6.07) is 2.35. The number of nitrogen functional groups attached to an aromatic ring is 1. The van der Waals surface area contributed by atoms with Crippen LogP contribution in [0.5, 0.6) is 0 Å². The molecule has 0 saturated heterocycles. The largest absolute Gasteiger partial charge is 0.383 e. The summed E-state index contributed by atoms with van der Waals surface area (Å²) in [6.07, 6.45) is 0.574. The van der Waals surface area contributed by atoms with Crippen molar-refractivity contribution in [3.63, 3.8) is 0 Å². The molecule has 4 nitrogen and oxygen atoms in total. The molecule has 20 heavy (non-hydrogen) atoms. The smallest absolute Gasteiger partial charge is 0.150 e. The topological polar surface area (TPSA) is 63.8 Å². The van der Waals surface area contributed by atoms with Gasteiger partial charge >= 0.3 is 0 Å². The van der Waals surface area contributed by atoms with Crippen molar-refractivity contribution in [3.8, 4) is 0 Å². The van der Waals surface area contributed by atoms with Gasteiger partial charge in [-0.05, 0) is 19.1 Å². The van der Waals surface area contributed by atoms with Crippen LogP contribution in [0.3, 0.4) is 0 Å². The third-order valence-corrected chi connectivity index (χ3v) is 3.25. The van der Waals surface area contributed by atoms with Gasteiger partial charge in [0.1, 0.15) is 23.1 Å². The maximum absolute atomic E-state index is 13.8. The Kier molecular flexibility index (Phi) is 4.17. The van der Waals surface area contributed by atoms with Crippen molar-refractivity contribution in [1.29, 1.82) is 0 Å². The standard InChI is InChI=1S/C13H13BrF2N4/c1-3-10-18-12(17)6(2)13(19-10)20-11-8(15)4-7(14)5-9(11)16/h4-5H,3H2,1-2H3,(H3,17,18,19,20). The van der Waals surface area contributed by atoms with Gasteiger partial charge in [-0.25, -0.2) is 18.7 Å². The van der Waals surface area contributed by atoms with Crippen LogP contribution in [0.15, 0.2) is 16.6 Å². The first kappa shape index (κ1) is 14.6. The number of nitrogens with two attached hydrogens (primary N) is 1. The lowest BCUT2D eigenvalue weighted by molar-refractivity contribution is 0.589. The van der Waals surface area contributed by atoms with Crippen LogP contribution in [0.2, 0.25) is 0 Å². The van der Waals surface area contributed by atoms with E-state index in [2.05, 4.69) is 31.2 Å². The van der Waals surface area contributed by atoms with Crippen LogP contribution >= 0.6 is 15.9 Å². The predicted molar refractivity (Wildman–Crippen MR) is 77.9 cm³/mol. The summed E-state index contributed by atoms with van der Waals surface area (Å²) in [7, 11) is 0. The molecule has 2 rings (SSSR count). The summed E-state index contributed by atoms with van der Waals surface area (Å²) in [6.45, 7) is 3.56. The zero-order valence-corrected chi connectivity index (χ0v) is 12.6. The van der Waals surface area contributed by atoms with E-state index in [1.54, 1.807) is 6.92 Å². The van der Waals surface area contributed by atoms with Crippen molar-refractivity contribution >= 4 is 33.3 Å². The zero-order chi connectivity index (χ0) is 14.9. The molecule has 0 bridgehead atoms. The van der Waals surface area contributed by atoms with Gasteiger partial charge in [0.2, 0.25) is 0 Å². The molecule has 3 N–H and O–H groups in total. The van der Waals surface area contributed by atoms with Gasteiger partial charge in [0.25, 0.3) is 0 Å². The van der Waals surface area contributed by atoms with E-state index < -0.39 is 11.6 Å². The number of hydrogen-bond acceptors (Lipinski definition) is 4. The highest BCUT2D eigenvalue weighted by Gasteiger charge is 2.14.